The zero-order chi connectivity index (χ0) is 24.4. The minimum Gasteiger partial charge on any atom is -0.394 e. The highest BCUT2D eigenvalue weighted by atomic mass is 16.4. The van der Waals surface area contributed by atoms with Crippen LogP contribution in [0.5, 0.6) is 0 Å². The molecule has 0 rings (SSSR count). The molecule has 0 aliphatic carbocycles. The predicted octanol–water partition coefficient (Wildman–Crippen LogP) is 1.51. The van der Waals surface area contributed by atoms with E-state index < -0.39 is 31.0 Å². The van der Waals surface area contributed by atoms with Crippen molar-refractivity contribution in [1.29, 1.82) is 0 Å². The summed E-state index contributed by atoms with van der Waals surface area (Å²) in [4.78, 5) is 15.6. The molecule has 8 nitrogen and oxygen atoms in total. The minimum atomic E-state index is -1.69. The molecule has 0 spiro atoms. The van der Waals surface area contributed by atoms with Gasteiger partial charge in [0.1, 0.15) is 24.4 Å². The van der Waals surface area contributed by atoms with Crippen LogP contribution in [0.15, 0.2) is 0 Å². The molecule has 8 heteroatoms. The molecule has 0 bridgehead atoms. The van der Waals surface area contributed by atoms with Crippen LogP contribution in [-0.4, -0.2) is 106 Å². The first kappa shape index (κ1) is 31.2. The van der Waals surface area contributed by atoms with Crippen molar-refractivity contribution in [3.05, 3.63) is 0 Å². The molecule has 5 N–H and O–H groups in total. The molecule has 0 aliphatic rings. The molecule has 0 heterocycles. The van der Waals surface area contributed by atoms with Crippen LogP contribution in [0.4, 0.5) is 0 Å². The fraction of sp³-hybridized carbons (Fsp3) is 0.958. The van der Waals surface area contributed by atoms with Crippen molar-refractivity contribution in [3.8, 4) is 0 Å². The average Bonchev–Trinajstić information content (AvgIpc) is 2.77. The third kappa shape index (κ3) is 15.1. The van der Waals surface area contributed by atoms with E-state index >= 15 is 0 Å². The van der Waals surface area contributed by atoms with Crippen LogP contribution < -0.4 is 0 Å². The summed E-state index contributed by atoms with van der Waals surface area (Å²) in [6, 6.07) is 0. The van der Waals surface area contributed by atoms with E-state index in [-0.39, 0.29) is 19.0 Å². The number of unbranched alkanes of at least 4 members (excludes halogenated alkanes) is 11. The number of rotatable bonds is 21. The van der Waals surface area contributed by atoms with Crippen molar-refractivity contribution in [3.63, 3.8) is 0 Å². The van der Waals surface area contributed by atoms with Crippen molar-refractivity contribution in [1.82, 2.24) is 9.80 Å². The lowest BCUT2D eigenvalue weighted by Gasteiger charge is -2.29. The van der Waals surface area contributed by atoms with Crippen LogP contribution in [0.1, 0.15) is 84.0 Å². The third-order valence-electron chi connectivity index (χ3n) is 6.01. The maximum absolute atomic E-state index is 12.3. The molecular weight excluding hydrogens is 412 g/mol. The van der Waals surface area contributed by atoms with E-state index in [9.17, 15) is 25.2 Å². The first-order chi connectivity index (χ1) is 15.2. The molecule has 0 aromatic heterocycles. The van der Waals surface area contributed by atoms with Crippen molar-refractivity contribution in [2.45, 2.75) is 108 Å². The van der Waals surface area contributed by atoms with Crippen LogP contribution in [0, 0.1) is 0 Å². The van der Waals surface area contributed by atoms with Crippen LogP contribution in [0.3, 0.4) is 0 Å². The van der Waals surface area contributed by atoms with E-state index in [1.54, 1.807) is 0 Å². The first-order valence-corrected chi connectivity index (χ1v) is 12.5. The van der Waals surface area contributed by atoms with E-state index in [0.717, 1.165) is 19.4 Å². The topological polar surface area (TPSA) is 125 Å². The highest BCUT2D eigenvalue weighted by Gasteiger charge is 2.31. The number of hydrogen-bond donors (Lipinski definition) is 5. The van der Waals surface area contributed by atoms with Gasteiger partial charge in [0, 0.05) is 13.6 Å². The highest BCUT2D eigenvalue weighted by molar-refractivity contribution is 5.78. The van der Waals surface area contributed by atoms with Gasteiger partial charge in [-0.1, -0.05) is 77.6 Å². The van der Waals surface area contributed by atoms with Gasteiger partial charge in [0.2, 0.25) is 5.91 Å². The molecule has 0 aromatic carbocycles. The molecule has 1 amide bonds. The Labute approximate surface area is 195 Å². The summed E-state index contributed by atoms with van der Waals surface area (Å²) in [6.07, 6.45) is 9.15. The maximum atomic E-state index is 12.3. The van der Waals surface area contributed by atoms with E-state index in [0.29, 0.717) is 0 Å². The number of likely N-dealkylation sites (N-methyl/N-ethyl adjacent to an activating group) is 2. The fourth-order valence-corrected chi connectivity index (χ4v) is 3.71. The second-order valence-electron chi connectivity index (χ2n) is 9.20. The summed E-state index contributed by atoms with van der Waals surface area (Å²) in [7, 11) is 3.40. The van der Waals surface area contributed by atoms with Gasteiger partial charge in [-0.2, -0.15) is 0 Å². The Bertz CT molecular complexity index is 454. The summed E-state index contributed by atoms with van der Waals surface area (Å²) >= 11 is 0. The molecule has 0 aromatic rings. The SMILES string of the molecule is CCCCCCCCCCCCCCN(C)CC(=O)N(C)C[C@H](O)[C@@H](O)[C@H](O)[C@H](O)CO. The van der Waals surface area contributed by atoms with Crippen LogP contribution in [0.2, 0.25) is 0 Å². The summed E-state index contributed by atoms with van der Waals surface area (Å²) in [5.74, 6) is -0.199. The summed E-state index contributed by atoms with van der Waals surface area (Å²) in [6.45, 7) is 2.36. The normalized spacial score (nSPS) is 15.5. The maximum Gasteiger partial charge on any atom is 0.236 e. The lowest BCUT2D eigenvalue weighted by molar-refractivity contribution is -0.138. The fourth-order valence-electron chi connectivity index (χ4n) is 3.71. The van der Waals surface area contributed by atoms with E-state index in [4.69, 9.17) is 5.11 Å². The largest absolute Gasteiger partial charge is 0.394 e. The molecule has 0 fully saturated rings. The Morgan fingerprint density at radius 1 is 0.719 bits per heavy atom. The van der Waals surface area contributed by atoms with Crippen molar-refractivity contribution in [2.24, 2.45) is 0 Å². The van der Waals surface area contributed by atoms with E-state index in [1.165, 1.54) is 76.2 Å². The Morgan fingerprint density at radius 2 is 1.16 bits per heavy atom. The van der Waals surface area contributed by atoms with E-state index in [1.807, 2.05) is 11.9 Å². The first-order valence-electron chi connectivity index (χ1n) is 12.5. The Balaban J connectivity index is 3.84. The smallest absolute Gasteiger partial charge is 0.236 e. The lowest BCUT2D eigenvalue weighted by Crippen LogP contribution is -2.50. The number of aliphatic hydroxyl groups excluding tert-OH is 5. The molecule has 0 saturated carbocycles. The number of carbonyl (C=O) groups excluding carboxylic acids is 1. The molecule has 32 heavy (non-hydrogen) atoms. The lowest BCUT2D eigenvalue weighted by atomic mass is 10.0. The van der Waals surface area contributed by atoms with Gasteiger partial charge in [0.15, 0.2) is 0 Å². The number of aliphatic hydroxyl groups is 5. The quantitative estimate of drug-likeness (QED) is 0.164. The Hall–Kier alpha value is -0.770. The summed E-state index contributed by atoms with van der Waals surface area (Å²) in [5, 5.41) is 47.7. The standard InChI is InChI=1S/C24H50N2O6/c1-4-5-6-7-8-9-10-11-12-13-14-15-16-25(2)18-22(30)26(3)17-20(28)23(31)24(32)21(29)19-27/h20-21,23-24,27-29,31-32H,4-19H2,1-3H3/t20-,21+,23+,24+/m0/s1. The summed E-state index contributed by atoms with van der Waals surface area (Å²) in [5.41, 5.74) is 0. The van der Waals surface area contributed by atoms with Gasteiger partial charge < -0.3 is 30.4 Å². The van der Waals surface area contributed by atoms with Crippen LogP contribution >= 0.6 is 0 Å². The van der Waals surface area contributed by atoms with Gasteiger partial charge in [-0.15, -0.1) is 0 Å². The summed E-state index contributed by atoms with van der Waals surface area (Å²) < 4.78 is 0. The van der Waals surface area contributed by atoms with Crippen molar-refractivity contribution >= 4 is 5.91 Å². The van der Waals surface area contributed by atoms with Gasteiger partial charge in [0.25, 0.3) is 0 Å². The van der Waals surface area contributed by atoms with Crippen LogP contribution in [-0.2, 0) is 4.79 Å². The number of hydrogen-bond acceptors (Lipinski definition) is 7. The van der Waals surface area contributed by atoms with Crippen LogP contribution in [0.25, 0.3) is 0 Å². The average molecular weight is 463 g/mol. The molecule has 0 aliphatic heterocycles. The molecule has 4 atom stereocenters. The second-order valence-corrected chi connectivity index (χ2v) is 9.20. The predicted molar refractivity (Wildman–Crippen MR) is 127 cm³/mol. The number of carbonyl (C=O) groups is 1. The van der Waals surface area contributed by atoms with Gasteiger partial charge in [-0.3, -0.25) is 9.69 Å². The zero-order valence-electron chi connectivity index (χ0n) is 20.7. The molecule has 192 valence electrons. The third-order valence-corrected chi connectivity index (χ3v) is 6.01. The minimum absolute atomic E-state index is 0.179. The molecule has 0 saturated heterocycles. The van der Waals surface area contributed by atoms with Gasteiger partial charge in [-0.25, -0.2) is 0 Å². The number of nitrogens with zero attached hydrogens (tertiary/aromatic N) is 2. The van der Waals surface area contributed by atoms with Gasteiger partial charge in [-0.05, 0) is 20.0 Å². The zero-order valence-corrected chi connectivity index (χ0v) is 20.7. The second kappa shape index (κ2) is 19.7. The van der Waals surface area contributed by atoms with Gasteiger partial charge in [0.05, 0.1) is 13.2 Å². The number of amides is 1. The molecule has 0 unspecified atom stereocenters. The van der Waals surface area contributed by atoms with Gasteiger partial charge >= 0.3 is 0 Å². The van der Waals surface area contributed by atoms with Crippen molar-refractivity contribution in [2.75, 3.05) is 40.3 Å². The van der Waals surface area contributed by atoms with E-state index in [2.05, 4.69) is 6.92 Å². The monoisotopic (exact) mass is 462 g/mol. The highest BCUT2D eigenvalue weighted by Crippen LogP contribution is 2.12. The Kier molecular flexibility index (Phi) is 19.2. The molecule has 0 radical (unpaired) electrons. The van der Waals surface area contributed by atoms with Crippen molar-refractivity contribution < 1.29 is 30.3 Å². The Morgan fingerprint density at radius 3 is 1.62 bits per heavy atom. The molecular formula is C24H50N2O6.